The van der Waals surface area contributed by atoms with Crippen molar-refractivity contribution in [2.75, 3.05) is 16.6 Å². The first kappa shape index (κ1) is 21.3. The third kappa shape index (κ3) is 4.70. The molecule has 0 saturated heterocycles. The minimum absolute atomic E-state index is 0.0531. The summed E-state index contributed by atoms with van der Waals surface area (Å²) in [5.41, 5.74) is 2.16. The van der Waals surface area contributed by atoms with Gasteiger partial charge in [-0.1, -0.05) is 6.07 Å². The third-order valence-corrected chi connectivity index (χ3v) is 6.14. The van der Waals surface area contributed by atoms with Crippen LogP contribution in [0.1, 0.15) is 17.3 Å². The fraction of sp³-hybridized carbons (Fsp3) is 0.0833. The molecule has 32 heavy (non-hydrogen) atoms. The number of anilines is 2. The number of pyridine rings is 1. The van der Waals surface area contributed by atoms with Crippen LogP contribution in [0.15, 0.2) is 90.0 Å². The molecule has 162 valence electrons. The van der Waals surface area contributed by atoms with Crippen molar-refractivity contribution < 1.29 is 17.9 Å². The van der Waals surface area contributed by atoms with Crippen molar-refractivity contribution in [1.82, 2.24) is 4.98 Å². The Balaban J connectivity index is 1.48. The molecule has 0 saturated carbocycles. The summed E-state index contributed by atoms with van der Waals surface area (Å²) >= 11 is 0. The minimum Gasteiger partial charge on any atom is -0.494 e. The van der Waals surface area contributed by atoms with Crippen LogP contribution in [-0.2, 0) is 10.0 Å². The lowest BCUT2D eigenvalue weighted by Gasteiger charge is -2.11. The molecule has 0 atom stereocenters. The van der Waals surface area contributed by atoms with E-state index in [9.17, 15) is 13.2 Å². The molecule has 0 fully saturated rings. The van der Waals surface area contributed by atoms with Crippen LogP contribution in [0.5, 0.6) is 5.75 Å². The summed E-state index contributed by atoms with van der Waals surface area (Å²) in [5, 5.41) is 3.68. The lowest BCUT2D eigenvalue weighted by atomic mass is 10.1. The first-order valence-corrected chi connectivity index (χ1v) is 11.5. The first-order chi connectivity index (χ1) is 15.5. The zero-order valence-electron chi connectivity index (χ0n) is 17.3. The summed E-state index contributed by atoms with van der Waals surface area (Å²) in [4.78, 5) is 17.0. The molecule has 0 unspecified atom stereocenters. The molecule has 8 heteroatoms. The average Bonchev–Trinajstić information content (AvgIpc) is 2.81. The van der Waals surface area contributed by atoms with E-state index in [-0.39, 0.29) is 10.8 Å². The molecule has 1 amide bonds. The molecule has 0 aliphatic carbocycles. The van der Waals surface area contributed by atoms with Crippen LogP contribution in [0, 0.1) is 0 Å². The number of aromatic nitrogens is 1. The molecule has 2 N–H and O–H groups in total. The standard InChI is InChI=1S/C24H21N3O4S/c1-2-31-19-12-10-18(11-13-19)27-32(29,30)20-14-8-17(9-15-20)24(28)26-23-7-3-6-22-21(23)5-4-16-25-22/h3-16,27H,2H2,1H3,(H,26,28). The molecule has 7 nitrogen and oxygen atoms in total. The van der Waals surface area contributed by atoms with Crippen LogP contribution in [0.4, 0.5) is 11.4 Å². The monoisotopic (exact) mass is 447 g/mol. The lowest BCUT2D eigenvalue weighted by molar-refractivity contribution is 0.102. The Hall–Kier alpha value is -3.91. The largest absolute Gasteiger partial charge is 0.494 e. The number of carbonyl (C=O) groups is 1. The van der Waals surface area contributed by atoms with Gasteiger partial charge >= 0.3 is 0 Å². The maximum absolute atomic E-state index is 12.7. The van der Waals surface area contributed by atoms with Gasteiger partial charge in [-0.2, -0.15) is 0 Å². The van der Waals surface area contributed by atoms with E-state index >= 15 is 0 Å². The van der Waals surface area contributed by atoms with E-state index in [1.165, 1.54) is 24.3 Å². The van der Waals surface area contributed by atoms with Crippen LogP contribution in [0.2, 0.25) is 0 Å². The topological polar surface area (TPSA) is 97.4 Å². The number of nitrogens with one attached hydrogen (secondary N) is 2. The second kappa shape index (κ2) is 9.07. The van der Waals surface area contributed by atoms with Gasteiger partial charge in [-0.3, -0.25) is 14.5 Å². The molecule has 4 aromatic rings. The number of nitrogens with zero attached hydrogens (tertiary/aromatic N) is 1. The van der Waals surface area contributed by atoms with E-state index in [2.05, 4.69) is 15.0 Å². The summed E-state index contributed by atoms with van der Waals surface area (Å²) in [6.07, 6.45) is 1.69. The Bertz CT molecular complexity index is 1350. The quantitative estimate of drug-likeness (QED) is 0.428. The molecule has 0 aliphatic rings. The zero-order chi connectivity index (χ0) is 22.6. The molecular formula is C24H21N3O4S. The zero-order valence-corrected chi connectivity index (χ0v) is 18.1. The van der Waals surface area contributed by atoms with Crippen molar-refractivity contribution >= 4 is 38.2 Å². The number of hydrogen-bond acceptors (Lipinski definition) is 5. The number of sulfonamides is 1. The number of benzene rings is 3. The summed E-state index contributed by atoms with van der Waals surface area (Å²) in [5.74, 6) is 0.317. The Morgan fingerprint density at radius 1 is 0.938 bits per heavy atom. The highest BCUT2D eigenvalue weighted by atomic mass is 32.2. The van der Waals surface area contributed by atoms with Gasteiger partial charge in [-0.25, -0.2) is 8.42 Å². The highest BCUT2D eigenvalue weighted by Gasteiger charge is 2.16. The Morgan fingerprint density at radius 3 is 2.41 bits per heavy atom. The van der Waals surface area contributed by atoms with Crippen LogP contribution in [0.25, 0.3) is 10.9 Å². The number of hydrogen-bond donors (Lipinski definition) is 2. The van der Waals surface area contributed by atoms with E-state index in [0.717, 1.165) is 10.9 Å². The van der Waals surface area contributed by atoms with Gasteiger partial charge in [0, 0.05) is 22.8 Å². The number of carbonyl (C=O) groups excluding carboxylic acids is 1. The summed E-state index contributed by atoms with van der Waals surface area (Å²) in [6.45, 7) is 2.40. The van der Waals surface area contributed by atoms with Gasteiger partial charge in [-0.05, 0) is 79.7 Å². The van der Waals surface area contributed by atoms with Gasteiger partial charge in [0.15, 0.2) is 0 Å². The fourth-order valence-electron chi connectivity index (χ4n) is 3.19. The average molecular weight is 448 g/mol. The normalized spacial score (nSPS) is 11.2. The van der Waals surface area contributed by atoms with E-state index < -0.39 is 10.0 Å². The second-order valence-corrected chi connectivity index (χ2v) is 8.60. The molecular weight excluding hydrogens is 426 g/mol. The van der Waals surface area contributed by atoms with Crippen LogP contribution >= 0.6 is 0 Å². The summed E-state index contributed by atoms with van der Waals surface area (Å²) in [7, 11) is -3.80. The minimum atomic E-state index is -3.80. The van der Waals surface area contributed by atoms with Crippen LogP contribution < -0.4 is 14.8 Å². The highest BCUT2D eigenvalue weighted by Crippen LogP contribution is 2.23. The summed E-state index contributed by atoms with van der Waals surface area (Å²) < 4.78 is 33.2. The Morgan fingerprint density at radius 2 is 1.69 bits per heavy atom. The van der Waals surface area contributed by atoms with Gasteiger partial charge in [0.2, 0.25) is 0 Å². The molecule has 4 rings (SSSR count). The number of rotatable bonds is 7. The third-order valence-electron chi connectivity index (χ3n) is 4.74. The maximum atomic E-state index is 12.7. The van der Waals surface area contributed by atoms with Crippen molar-refractivity contribution in [3.63, 3.8) is 0 Å². The van der Waals surface area contributed by atoms with Gasteiger partial charge in [-0.15, -0.1) is 0 Å². The Kier molecular flexibility index (Phi) is 6.04. The van der Waals surface area contributed by atoms with Crippen LogP contribution in [0.3, 0.4) is 0 Å². The second-order valence-electron chi connectivity index (χ2n) is 6.92. The van der Waals surface area contributed by atoms with Crippen molar-refractivity contribution in [2.24, 2.45) is 0 Å². The molecule has 0 spiro atoms. The van der Waals surface area contributed by atoms with E-state index in [0.29, 0.717) is 29.3 Å². The molecule has 0 bridgehead atoms. The molecule has 3 aromatic carbocycles. The first-order valence-electron chi connectivity index (χ1n) is 9.97. The smallest absolute Gasteiger partial charge is 0.261 e. The molecule has 1 aromatic heterocycles. The van der Waals surface area contributed by atoms with Crippen molar-refractivity contribution in [3.8, 4) is 5.75 Å². The molecule has 0 radical (unpaired) electrons. The fourth-order valence-corrected chi connectivity index (χ4v) is 4.25. The van der Waals surface area contributed by atoms with Gasteiger partial charge in [0.25, 0.3) is 15.9 Å². The van der Waals surface area contributed by atoms with Crippen molar-refractivity contribution in [2.45, 2.75) is 11.8 Å². The van der Waals surface area contributed by atoms with Gasteiger partial charge in [0.05, 0.1) is 22.7 Å². The van der Waals surface area contributed by atoms with Gasteiger partial charge < -0.3 is 10.1 Å². The van der Waals surface area contributed by atoms with E-state index in [4.69, 9.17) is 4.74 Å². The van der Waals surface area contributed by atoms with Gasteiger partial charge in [0.1, 0.15) is 5.75 Å². The summed E-state index contributed by atoms with van der Waals surface area (Å²) in [6, 6.07) is 21.5. The lowest BCUT2D eigenvalue weighted by Crippen LogP contribution is -2.15. The molecule has 0 aliphatic heterocycles. The molecule has 1 heterocycles. The predicted molar refractivity (Wildman–Crippen MR) is 125 cm³/mol. The van der Waals surface area contributed by atoms with Crippen molar-refractivity contribution in [1.29, 1.82) is 0 Å². The Labute approximate surface area is 186 Å². The SMILES string of the molecule is CCOc1ccc(NS(=O)(=O)c2ccc(C(=O)Nc3cccc4ncccc34)cc2)cc1. The highest BCUT2D eigenvalue weighted by molar-refractivity contribution is 7.92. The van der Waals surface area contributed by atoms with Crippen molar-refractivity contribution in [3.05, 3.63) is 90.6 Å². The number of ether oxygens (including phenoxy) is 1. The number of amides is 1. The number of fused-ring (bicyclic) bond motifs is 1. The van der Waals surface area contributed by atoms with E-state index in [1.54, 1.807) is 42.6 Å². The maximum Gasteiger partial charge on any atom is 0.261 e. The predicted octanol–water partition coefficient (Wildman–Crippen LogP) is 4.69. The van der Waals surface area contributed by atoms with E-state index in [1.807, 2.05) is 25.1 Å². The van der Waals surface area contributed by atoms with Crippen LogP contribution in [-0.4, -0.2) is 25.9 Å².